The molecule has 0 spiro atoms. The van der Waals surface area contributed by atoms with Crippen molar-refractivity contribution in [2.24, 2.45) is 17.0 Å². The number of sulfonamides is 1. The Morgan fingerprint density at radius 2 is 1.55 bits per heavy atom. The van der Waals surface area contributed by atoms with E-state index >= 15 is 0 Å². The summed E-state index contributed by atoms with van der Waals surface area (Å²) in [5, 5.41) is 31.3. The van der Waals surface area contributed by atoms with Crippen LogP contribution in [0.25, 0.3) is 0 Å². The predicted octanol–water partition coefficient (Wildman–Crippen LogP) is 2.06. The van der Waals surface area contributed by atoms with E-state index in [-0.39, 0.29) is 29.5 Å². The number of nitrogens with one attached hydrogen (secondary N) is 3. The van der Waals surface area contributed by atoms with E-state index in [0.29, 0.717) is 38.0 Å². The number of primary sulfonamides is 1. The third-order valence-corrected chi connectivity index (χ3v) is 8.69. The zero-order valence-electron chi connectivity index (χ0n) is 23.7. The Kier molecular flexibility index (Phi) is 12.8. The van der Waals surface area contributed by atoms with Crippen LogP contribution in [0.4, 0.5) is 0 Å². The van der Waals surface area contributed by atoms with E-state index in [2.05, 4.69) is 10.6 Å². The average Bonchev–Trinajstić information content (AvgIpc) is 2.97. The highest BCUT2D eigenvalue weighted by atomic mass is 32.2. The van der Waals surface area contributed by atoms with Gasteiger partial charge in [0.2, 0.25) is 27.7 Å². The maximum atomic E-state index is 13.4. The van der Waals surface area contributed by atoms with Gasteiger partial charge >= 0.3 is 0 Å². The molecule has 6 N–H and O–H groups in total. The predicted molar refractivity (Wildman–Crippen MR) is 155 cm³/mol. The second-order valence-corrected chi connectivity index (χ2v) is 12.6. The van der Waals surface area contributed by atoms with Crippen LogP contribution in [0.1, 0.15) is 68.9 Å². The summed E-state index contributed by atoms with van der Waals surface area (Å²) in [6.07, 6.45) is 7.51. The lowest BCUT2D eigenvalue weighted by Crippen LogP contribution is -2.50. The summed E-state index contributed by atoms with van der Waals surface area (Å²) in [6.45, 7) is 0.281. The number of benzene rings is 2. The molecule has 42 heavy (non-hydrogen) atoms. The monoisotopic (exact) mass is 601 g/mol. The fourth-order valence-electron chi connectivity index (χ4n) is 5.38. The molecule has 1 aliphatic carbocycles. The molecule has 2 atom stereocenters. The molecule has 0 radical (unpaired) electrons. The molecular formula is C30H41N4O7S-. The number of carbonyl (C=O) groups is 3. The highest BCUT2D eigenvalue weighted by molar-refractivity contribution is 7.89. The largest absolute Gasteiger partial charge is 0.872 e. The van der Waals surface area contributed by atoms with Crippen LogP contribution in [-0.2, 0) is 37.2 Å². The van der Waals surface area contributed by atoms with Crippen LogP contribution < -0.4 is 26.4 Å². The summed E-state index contributed by atoms with van der Waals surface area (Å²) in [5.41, 5.74) is 3.34. The minimum atomic E-state index is -3.79. The van der Waals surface area contributed by atoms with Gasteiger partial charge in [0, 0.05) is 18.9 Å². The molecular weight excluding hydrogens is 560 g/mol. The molecule has 1 fully saturated rings. The number of carbonyl (C=O) groups excluding carboxylic acids is 3. The van der Waals surface area contributed by atoms with Crippen molar-refractivity contribution >= 4 is 27.7 Å². The molecule has 12 heteroatoms. The van der Waals surface area contributed by atoms with E-state index in [1.807, 2.05) is 0 Å². The van der Waals surface area contributed by atoms with Crippen molar-refractivity contribution in [3.05, 3.63) is 59.7 Å². The lowest BCUT2D eigenvalue weighted by molar-refractivity contribution is -0.268. The molecule has 0 bridgehead atoms. The van der Waals surface area contributed by atoms with Crippen molar-refractivity contribution in [2.75, 3.05) is 6.54 Å². The first kappa shape index (κ1) is 33.0. The number of hydrogen-bond donors (Lipinski definition) is 5. The normalized spacial score (nSPS) is 15.4. The Morgan fingerprint density at radius 1 is 0.929 bits per heavy atom. The van der Waals surface area contributed by atoms with Crippen LogP contribution in [0.2, 0.25) is 0 Å². The quantitative estimate of drug-likeness (QED) is 0.152. The molecule has 3 amide bonds. The van der Waals surface area contributed by atoms with Gasteiger partial charge in [0.15, 0.2) is 0 Å². The fourth-order valence-corrected chi connectivity index (χ4v) is 5.90. The lowest BCUT2D eigenvalue weighted by Gasteiger charge is -2.28. The Bertz CT molecular complexity index is 1280. The summed E-state index contributed by atoms with van der Waals surface area (Å²) in [6, 6.07) is 11.8. The molecule has 0 aliphatic heterocycles. The van der Waals surface area contributed by atoms with Crippen LogP contribution in [-0.4, -0.2) is 43.9 Å². The summed E-state index contributed by atoms with van der Waals surface area (Å²) >= 11 is 0. The molecule has 0 heterocycles. The minimum Gasteiger partial charge on any atom is -0.872 e. The first-order valence-electron chi connectivity index (χ1n) is 14.4. The van der Waals surface area contributed by atoms with E-state index in [1.54, 1.807) is 29.7 Å². The van der Waals surface area contributed by atoms with Crippen molar-refractivity contribution in [2.45, 2.75) is 81.6 Å². The number of rotatable bonds is 15. The Balaban J connectivity index is 1.63. The van der Waals surface area contributed by atoms with E-state index in [4.69, 9.17) is 10.3 Å². The average molecular weight is 602 g/mol. The number of amides is 3. The second kappa shape index (κ2) is 16.2. The molecule has 0 unspecified atom stereocenters. The van der Waals surface area contributed by atoms with E-state index in [0.717, 1.165) is 43.2 Å². The van der Waals surface area contributed by atoms with Gasteiger partial charge < -0.3 is 15.7 Å². The maximum Gasteiger partial charge on any atom is 0.244 e. The van der Waals surface area contributed by atoms with Crippen LogP contribution in [0, 0.1) is 11.8 Å². The van der Waals surface area contributed by atoms with Crippen LogP contribution in [0.3, 0.4) is 0 Å². The van der Waals surface area contributed by atoms with Crippen molar-refractivity contribution in [3.63, 3.8) is 0 Å². The standard InChI is InChI=1S/C30H42N4O7S/c31-42(40,41)26-15-11-22(12-16-26)17-18-32-30(38)27(19-23-5-2-1-3-6-23)33-29(37)24(20-28(36)34-39)8-4-7-21-9-13-25(35)14-10-21/h9-16,23-24,27,35,39H,1-8,17-20H2,(H,32,38)(H,33,37)(H,34,36)(H2,31,40,41)/p-1/t24-,27+/m1/s1. The van der Waals surface area contributed by atoms with E-state index < -0.39 is 33.8 Å². The smallest absolute Gasteiger partial charge is 0.244 e. The van der Waals surface area contributed by atoms with Gasteiger partial charge in [0.05, 0.1) is 4.90 Å². The molecule has 230 valence electrons. The maximum absolute atomic E-state index is 13.4. The highest BCUT2D eigenvalue weighted by Crippen LogP contribution is 2.28. The first-order valence-corrected chi connectivity index (χ1v) is 16.0. The molecule has 3 rings (SSSR count). The van der Waals surface area contributed by atoms with Crippen LogP contribution >= 0.6 is 0 Å². The van der Waals surface area contributed by atoms with Crippen molar-refractivity contribution in [3.8, 4) is 5.75 Å². The van der Waals surface area contributed by atoms with E-state index in [1.165, 1.54) is 24.3 Å². The SMILES string of the molecule is NS(=O)(=O)c1ccc(CCNC(=O)[C@H](CC2CCCCC2)NC(=O)[C@H](CCCc2ccc([O-])cc2)CC(=O)NO)cc1. The number of hydrogen-bond acceptors (Lipinski definition) is 7. The van der Waals surface area contributed by atoms with Gasteiger partial charge in [-0.15, -0.1) is 5.75 Å². The molecule has 0 saturated heterocycles. The molecule has 2 aromatic carbocycles. The zero-order valence-corrected chi connectivity index (χ0v) is 24.5. The third-order valence-electron chi connectivity index (χ3n) is 7.76. The highest BCUT2D eigenvalue weighted by Gasteiger charge is 2.29. The number of aryl methyl sites for hydroxylation is 1. The van der Waals surface area contributed by atoms with Gasteiger partial charge in [-0.2, -0.15) is 0 Å². The molecule has 11 nitrogen and oxygen atoms in total. The lowest BCUT2D eigenvalue weighted by atomic mass is 9.84. The first-order chi connectivity index (χ1) is 20.0. The fraction of sp³-hybridized carbons (Fsp3) is 0.500. The van der Waals surface area contributed by atoms with Gasteiger partial charge in [0.1, 0.15) is 6.04 Å². The van der Waals surface area contributed by atoms with Crippen LogP contribution in [0.15, 0.2) is 53.4 Å². The van der Waals surface area contributed by atoms with Gasteiger partial charge in [-0.1, -0.05) is 68.5 Å². The molecule has 2 aromatic rings. The van der Waals surface area contributed by atoms with Crippen molar-refractivity contribution in [1.82, 2.24) is 16.1 Å². The molecule has 1 aliphatic rings. The van der Waals surface area contributed by atoms with Crippen molar-refractivity contribution in [1.29, 1.82) is 0 Å². The summed E-state index contributed by atoms with van der Waals surface area (Å²) in [5.74, 6) is -1.98. The molecule has 1 saturated carbocycles. The van der Waals surface area contributed by atoms with Crippen LogP contribution in [0.5, 0.6) is 5.75 Å². The Hall–Kier alpha value is -3.48. The van der Waals surface area contributed by atoms with Gasteiger partial charge in [-0.3, -0.25) is 19.6 Å². The summed E-state index contributed by atoms with van der Waals surface area (Å²) in [7, 11) is -3.79. The van der Waals surface area contributed by atoms with Gasteiger partial charge in [-0.25, -0.2) is 19.0 Å². The summed E-state index contributed by atoms with van der Waals surface area (Å²) in [4.78, 5) is 38.7. The Labute approximate surface area is 247 Å². The second-order valence-electron chi connectivity index (χ2n) is 11.0. The minimum absolute atomic E-state index is 0.00958. The Morgan fingerprint density at radius 3 is 2.17 bits per heavy atom. The van der Waals surface area contributed by atoms with Gasteiger partial charge in [0.25, 0.3) is 0 Å². The molecule has 0 aromatic heterocycles. The third kappa shape index (κ3) is 11.1. The van der Waals surface area contributed by atoms with E-state index in [9.17, 15) is 27.9 Å². The van der Waals surface area contributed by atoms with Gasteiger partial charge in [-0.05, 0) is 61.3 Å². The summed E-state index contributed by atoms with van der Waals surface area (Å²) < 4.78 is 22.9. The number of nitrogens with two attached hydrogens (primary N) is 1. The zero-order chi connectivity index (χ0) is 30.5. The number of hydroxylamine groups is 1. The topological polar surface area (TPSA) is 191 Å². The van der Waals surface area contributed by atoms with Crippen molar-refractivity contribution < 1.29 is 33.1 Å².